The van der Waals surface area contributed by atoms with Gasteiger partial charge in [-0.15, -0.1) is 0 Å². The lowest BCUT2D eigenvalue weighted by molar-refractivity contribution is -0.207. The van der Waals surface area contributed by atoms with Gasteiger partial charge in [0, 0.05) is 13.0 Å². The molecule has 0 aliphatic heterocycles. The Morgan fingerprint density at radius 1 is 1.06 bits per heavy atom. The van der Waals surface area contributed by atoms with Crippen molar-refractivity contribution in [2.24, 2.45) is 46.3 Å². The molecule has 0 spiro atoms. The molecule has 4 aliphatic rings. The molecule has 0 radical (unpaired) electrons. The molecule has 4 aliphatic carbocycles. The van der Waals surface area contributed by atoms with E-state index in [1.54, 1.807) is 0 Å². The predicted molar refractivity (Wildman–Crippen MR) is 136 cm³/mol. The van der Waals surface area contributed by atoms with Crippen LogP contribution in [0.2, 0.25) is 0 Å². The number of nitrogens with one attached hydrogen (secondary N) is 1. The fourth-order valence-corrected chi connectivity index (χ4v) is 9.77. The minimum absolute atomic E-state index is 0.0581. The van der Waals surface area contributed by atoms with Gasteiger partial charge in [-0.2, -0.15) is 8.42 Å². The first-order valence-corrected chi connectivity index (χ1v) is 15.6. The van der Waals surface area contributed by atoms with Gasteiger partial charge in [-0.25, -0.2) is 0 Å². The van der Waals surface area contributed by atoms with Gasteiger partial charge in [0.15, 0.2) is 0 Å². The topological polar surface area (TPSA) is 144 Å². The zero-order chi connectivity index (χ0) is 26.5. The predicted octanol–water partition coefficient (Wildman–Crippen LogP) is 2.76. The Kier molecular flexibility index (Phi) is 8.20. The van der Waals surface area contributed by atoms with Crippen LogP contribution in [-0.4, -0.2) is 64.8 Å². The SMILES string of the molecule is CC(CCC(=O)NCCCS(=O)(=O)O)[C@H]1CCC2C3C(C[C@H](O)[C@@]21C)[C@@]1(C)CC[C@@H](O)CC1C[C@H]3O. The van der Waals surface area contributed by atoms with Crippen molar-refractivity contribution >= 4 is 16.0 Å². The molecule has 0 bridgehead atoms. The van der Waals surface area contributed by atoms with Crippen LogP contribution in [0.3, 0.4) is 0 Å². The van der Waals surface area contributed by atoms with E-state index in [-0.39, 0.29) is 71.1 Å². The zero-order valence-corrected chi connectivity index (χ0v) is 22.9. The summed E-state index contributed by atoms with van der Waals surface area (Å²) in [5.41, 5.74) is -0.229. The molecule has 4 fully saturated rings. The van der Waals surface area contributed by atoms with Gasteiger partial charge in [-0.05, 0) is 104 Å². The third-order valence-electron chi connectivity index (χ3n) is 11.2. The Bertz CT molecular complexity index is 912. The van der Waals surface area contributed by atoms with Crippen LogP contribution in [0.1, 0.15) is 85.0 Å². The minimum atomic E-state index is -4.01. The largest absolute Gasteiger partial charge is 0.393 e. The number of hydrogen-bond donors (Lipinski definition) is 5. The quantitative estimate of drug-likeness (QED) is 0.240. The van der Waals surface area contributed by atoms with E-state index in [9.17, 15) is 28.5 Å². The van der Waals surface area contributed by atoms with Gasteiger partial charge < -0.3 is 20.6 Å². The zero-order valence-electron chi connectivity index (χ0n) is 22.1. The van der Waals surface area contributed by atoms with E-state index in [1.165, 1.54) is 0 Å². The average Bonchev–Trinajstić information content (AvgIpc) is 3.15. The van der Waals surface area contributed by atoms with Gasteiger partial charge in [-0.1, -0.05) is 20.8 Å². The lowest BCUT2D eigenvalue weighted by Crippen LogP contribution is -2.62. The van der Waals surface area contributed by atoms with Gasteiger partial charge >= 0.3 is 0 Å². The smallest absolute Gasteiger partial charge is 0.264 e. The second kappa shape index (κ2) is 10.4. The molecule has 5 unspecified atom stereocenters. The van der Waals surface area contributed by atoms with Crippen LogP contribution in [0.5, 0.6) is 0 Å². The number of carbonyl (C=O) groups excluding carboxylic acids is 1. The first-order valence-electron chi connectivity index (χ1n) is 14.0. The third-order valence-corrected chi connectivity index (χ3v) is 12.1. The molecule has 11 atom stereocenters. The highest BCUT2D eigenvalue weighted by Gasteiger charge is 2.65. The number of amides is 1. The Balaban J connectivity index is 1.39. The molecule has 9 heteroatoms. The van der Waals surface area contributed by atoms with Crippen molar-refractivity contribution in [3.8, 4) is 0 Å². The van der Waals surface area contributed by atoms with Crippen molar-refractivity contribution in [2.75, 3.05) is 12.3 Å². The van der Waals surface area contributed by atoms with Crippen LogP contribution < -0.4 is 5.32 Å². The molecule has 208 valence electrons. The van der Waals surface area contributed by atoms with E-state index < -0.39 is 22.3 Å². The number of rotatable bonds is 8. The maximum Gasteiger partial charge on any atom is 0.264 e. The summed E-state index contributed by atoms with van der Waals surface area (Å²) in [6.07, 6.45) is 6.06. The van der Waals surface area contributed by atoms with Crippen molar-refractivity contribution < 1.29 is 33.1 Å². The Morgan fingerprint density at radius 3 is 2.47 bits per heavy atom. The number of aliphatic hydroxyl groups is 3. The molecule has 8 nitrogen and oxygen atoms in total. The van der Waals surface area contributed by atoms with E-state index in [2.05, 4.69) is 26.1 Å². The van der Waals surface area contributed by atoms with Crippen LogP contribution >= 0.6 is 0 Å². The molecule has 36 heavy (non-hydrogen) atoms. The van der Waals surface area contributed by atoms with E-state index >= 15 is 0 Å². The van der Waals surface area contributed by atoms with Crippen LogP contribution in [0.4, 0.5) is 0 Å². The molecule has 0 heterocycles. The lowest BCUT2D eigenvalue weighted by atomic mass is 9.43. The minimum Gasteiger partial charge on any atom is -0.393 e. The van der Waals surface area contributed by atoms with Crippen LogP contribution in [0.15, 0.2) is 0 Å². The van der Waals surface area contributed by atoms with E-state index in [4.69, 9.17) is 4.55 Å². The summed E-state index contributed by atoms with van der Waals surface area (Å²) in [7, 11) is -4.01. The summed E-state index contributed by atoms with van der Waals surface area (Å²) in [5, 5.41) is 36.0. The first-order chi connectivity index (χ1) is 16.8. The van der Waals surface area contributed by atoms with Gasteiger partial charge in [0.25, 0.3) is 10.1 Å². The molecule has 5 N–H and O–H groups in total. The van der Waals surface area contributed by atoms with Crippen molar-refractivity contribution in [3.63, 3.8) is 0 Å². The summed E-state index contributed by atoms with van der Waals surface area (Å²) in [6.45, 7) is 6.94. The number of carbonyl (C=O) groups is 1. The van der Waals surface area contributed by atoms with Gasteiger partial charge in [0.2, 0.25) is 5.91 Å². The van der Waals surface area contributed by atoms with Crippen molar-refractivity contribution in [3.05, 3.63) is 0 Å². The Morgan fingerprint density at radius 2 is 1.78 bits per heavy atom. The second-order valence-electron chi connectivity index (χ2n) is 13.0. The molecule has 1 amide bonds. The number of hydrogen-bond acceptors (Lipinski definition) is 6. The second-order valence-corrected chi connectivity index (χ2v) is 14.6. The van der Waals surface area contributed by atoms with Crippen LogP contribution in [0.25, 0.3) is 0 Å². The van der Waals surface area contributed by atoms with Crippen molar-refractivity contribution in [2.45, 2.75) is 103 Å². The maximum atomic E-state index is 12.3. The van der Waals surface area contributed by atoms with Crippen LogP contribution in [-0.2, 0) is 14.9 Å². The normalized spacial score (nSPS) is 45.3. The highest BCUT2D eigenvalue weighted by atomic mass is 32.2. The summed E-state index contributed by atoms with van der Waals surface area (Å²) in [4.78, 5) is 12.3. The monoisotopic (exact) mass is 529 g/mol. The maximum absolute atomic E-state index is 12.3. The van der Waals surface area contributed by atoms with E-state index in [0.29, 0.717) is 25.2 Å². The summed E-state index contributed by atoms with van der Waals surface area (Å²) < 4.78 is 30.4. The first kappa shape index (κ1) is 28.3. The van der Waals surface area contributed by atoms with Crippen molar-refractivity contribution in [1.82, 2.24) is 5.32 Å². The lowest BCUT2D eigenvalue weighted by Gasteiger charge is -2.63. The fourth-order valence-electron chi connectivity index (χ4n) is 9.26. The summed E-state index contributed by atoms with van der Waals surface area (Å²) in [5.74, 6) is 1.04. The highest BCUT2D eigenvalue weighted by Crippen LogP contribution is 2.68. The molecular formula is C27H47NO7S. The van der Waals surface area contributed by atoms with Crippen molar-refractivity contribution in [1.29, 1.82) is 0 Å². The van der Waals surface area contributed by atoms with Gasteiger partial charge in [-0.3, -0.25) is 9.35 Å². The molecule has 0 aromatic rings. The standard InChI is InChI=1S/C27H47NO7S/c1-16(5-8-24(32)28-11-4-12-36(33,34)35)19-6-7-20-25-21(15-23(31)27(19,20)3)26(2)10-9-18(29)13-17(26)14-22(25)30/h16-23,25,29-31H,4-15H2,1-3H3,(H,28,32)(H,33,34,35)/t16?,17?,18-,19-,20?,21?,22-,23+,25?,26+,27-/m1/s1. The number of aliphatic hydroxyl groups excluding tert-OH is 3. The van der Waals surface area contributed by atoms with Gasteiger partial charge in [0.05, 0.1) is 24.1 Å². The molecule has 4 saturated carbocycles. The van der Waals surface area contributed by atoms with Crippen LogP contribution in [0, 0.1) is 46.3 Å². The van der Waals surface area contributed by atoms with E-state index in [0.717, 1.165) is 38.5 Å². The average molecular weight is 530 g/mol. The third kappa shape index (κ3) is 5.24. The Hall–Kier alpha value is -0.740. The highest BCUT2D eigenvalue weighted by molar-refractivity contribution is 7.85. The molecule has 0 aromatic heterocycles. The number of fused-ring (bicyclic) bond motifs is 5. The van der Waals surface area contributed by atoms with Gasteiger partial charge in [0.1, 0.15) is 0 Å². The summed E-state index contributed by atoms with van der Waals surface area (Å²) in [6, 6.07) is 0. The molecule has 4 rings (SSSR count). The molecule has 0 aromatic carbocycles. The molecule has 0 saturated heterocycles. The fraction of sp³-hybridized carbons (Fsp3) is 0.963. The molecular weight excluding hydrogens is 482 g/mol. The Labute approximate surface area is 216 Å². The summed E-state index contributed by atoms with van der Waals surface area (Å²) >= 11 is 0. The van der Waals surface area contributed by atoms with E-state index in [1.807, 2.05) is 0 Å².